The summed E-state index contributed by atoms with van der Waals surface area (Å²) in [6, 6.07) is 7.10. The first-order valence-electron chi connectivity index (χ1n) is 6.28. The molecule has 3 rings (SSSR count). The van der Waals surface area contributed by atoms with Gasteiger partial charge in [0.15, 0.2) is 11.5 Å². The number of ether oxygens (including phenoxy) is 2. The minimum absolute atomic E-state index is 0.106. The molecule has 1 aromatic heterocycles. The standard InChI is InChI=1S/C14H14ClNO4/c15-11-5-13-14(19-4-3-18-13)6-12(11)16-7-9-1-2-10(8-17)20-9/h1-2,5-6,16-17H,3-4,7-8H2. The van der Waals surface area contributed by atoms with Crippen molar-refractivity contribution in [2.24, 2.45) is 0 Å². The highest BCUT2D eigenvalue weighted by molar-refractivity contribution is 6.33. The van der Waals surface area contributed by atoms with Crippen molar-refractivity contribution in [3.63, 3.8) is 0 Å². The van der Waals surface area contributed by atoms with Gasteiger partial charge in [-0.15, -0.1) is 0 Å². The zero-order chi connectivity index (χ0) is 13.9. The second kappa shape index (κ2) is 5.64. The van der Waals surface area contributed by atoms with Crippen molar-refractivity contribution < 1.29 is 19.0 Å². The SMILES string of the molecule is OCc1ccc(CNc2cc3c(cc2Cl)OCCO3)o1. The van der Waals surface area contributed by atoms with Gasteiger partial charge in [-0.2, -0.15) is 0 Å². The molecule has 1 aliphatic rings. The van der Waals surface area contributed by atoms with E-state index in [1.54, 1.807) is 12.1 Å². The fourth-order valence-electron chi connectivity index (χ4n) is 1.98. The lowest BCUT2D eigenvalue weighted by Crippen LogP contribution is -2.15. The molecule has 2 N–H and O–H groups in total. The molecule has 0 bridgehead atoms. The lowest BCUT2D eigenvalue weighted by molar-refractivity contribution is 0.171. The maximum absolute atomic E-state index is 8.95. The molecule has 0 fully saturated rings. The molecule has 0 unspecified atom stereocenters. The molecule has 6 heteroatoms. The summed E-state index contributed by atoms with van der Waals surface area (Å²) in [5.74, 6) is 2.60. The molecule has 0 atom stereocenters. The number of furan rings is 1. The topological polar surface area (TPSA) is 63.9 Å². The van der Waals surface area contributed by atoms with E-state index in [-0.39, 0.29) is 6.61 Å². The number of nitrogens with one attached hydrogen (secondary N) is 1. The van der Waals surface area contributed by atoms with Crippen LogP contribution in [0.1, 0.15) is 11.5 Å². The molecular formula is C14H14ClNO4. The third-order valence-electron chi connectivity index (χ3n) is 2.96. The molecule has 20 heavy (non-hydrogen) atoms. The summed E-state index contributed by atoms with van der Waals surface area (Å²) in [5.41, 5.74) is 0.748. The third-order valence-corrected chi connectivity index (χ3v) is 3.27. The van der Waals surface area contributed by atoms with Crippen LogP contribution in [0.25, 0.3) is 0 Å². The molecule has 2 aromatic rings. The van der Waals surface area contributed by atoms with Gasteiger partial charge in [0.2, 0.25) is 0 Å². The van der Waals surface area contributed by atoms with E-state index in [9.17, 15) is 0 Å². The number of anilines is 1. The Bertz CT molecular complexity index is 611. The minimum Gasteiger partial charge on any atom is -0.486 e. The van der Waals surface area contributed by atoms with Crippen LogP contribution in [0, 0.1) is 0 Å². The van der Waals surface area contributed by atoms with Crippen LogP contribution in [0.2, 0.25) is 5.02 Å². The quantitative estimate of drug-likeness (QED) is 0.908. The fraction of sp³-hybridized carbons (Fsp3) is 0.286. The van der Waals surface area contributed by atoms with Gasteiger partial charge < -0.3 is 24.3 Å². The van der Waals surface area contributed by atoms with Gasteiger partial charge in [-0.25, -0.2) is 0 Å². The van der Waals surface area contributed by atoms with Crippen molar-refractivity contribution in [1.82, 2.24) is 0 Å². The van der Waals surface area contributed by atoms with E-state index in [1.807, 2.05) is 12.1 Å². The lowest BCUT2D eigenvalue weighted by Gasteiger charge is -2.20. The van der Waals surface area contributed by atoms with E-state index in [0.717, 1.165) is 11.4 Å². The maximum atomic E-state index is 8.95. The summed E-state index contributed by atoms with van der Waals surface area (Å²) in [6.45, 7) is 1.43. The number of aliphatic hydroxyl groups excluding tert-OH is 1. The van der Waals surface area contributed by atoms with Gasteiger partial charge >= 0.3 is 0 Å². The molecule has 2 heterocycles. The molecule has 5 nitrogen and oxygen atoms in total. The molecule has 106 valence electrons. The monoisotopic (exact) mass is 295 g/mol. The summed E-state index contributed by atoms with van der Waals surface area (Å²) in [4.78, 5) is 0. The summed E-state index contributed by atoms with van der Waals surface area (Å²) < 4.78 is 16.4. The number of benzene rings is 1. The van der Waals surface area contributed by atoms with Crippen LogP contribution in [0.15, 0.2) is 28.7 Å². The van der Waals surface area contributed by atoms with Gasteiger partial charge in [-0.3, -0.25) is 0 Å². The molecule has 0 saturated carbocycles. The smallest absolute Gasteiger partial charge is 0.163 e. The number of rotatable bonds is 4. The van der Waals surface area contributed by atoms with Gasteiger partial charge in [-0.05, 0) is 12.1 Å². The largest absolute Gasteiger partial charge is 0.486 e. The number of aliphatic hydroxyl groups is 1. The number of hydrogen-bond acceptors (Lipinski definition) is 5. The Morgan fingerprint density at radius 3 is 2.50 bits per heavy atom. The van der Waals surface area contributed by atoms with Gasteiger partial charge in [0.25, 0.3) is 0 Å². The second-order valence-electron chi connectivity index (χ2n) is 4.36. The van der Waals surface area contributed by atoms with Crippen molar-refractivity contribution in [2.75, 3.05) is 18.5 Å². The summed E-state index contributed by atoms with van der Waals surface area (Å²) in [7, 11) is 0. The van der Waals surface area contributed by atoms with Crippen LogP contribution in [-0.2, 0) is 13.2 Å². The number of hydrogen-bond donors (Lipinski definition) is 2. The predicted molar refractivity (Wildman–Crippen MR) is 74.4 cm³/mol. The van der Waals surface area contributed by atoms with Crippen molar-refractivity contribution >= 4 is 17.3 Å². The average molecular weight is 296 g/mol. The molecule has 0 radical (unpaired) electrons. The number of fused-ring (bicyclic) bond motifs is 1. The molecule has 0 aliphatic carbocycles. The maximum Gasteiger partial charge on any atom is 0.163 e. The molecule has 0 spiro atoms. The van der Waals surface area contributed by atoms with Gasteiger partial charge in [-0.1, -0.05) is 11.6 Å². The van der Waals surface area contributed by atoms with Crippen LogP contribution < -0.4 is 14.8 Å². The lowest BCUT2D eigenvalue weighted by atomic mass is 10.2. The van der Waals surface area contributed by atoms with Gasteiger partial charge in [0, 0.05) is 12.1 Å². The highest BCUT2D eigenvalue weighted by Gasteiger charge is 2.15. The van der Waals surface area contributed by atoms with E-state index < -0.39 is 0 Å². The zero-order valence-electron chi connectivity index (χ0n) is 10.7. The van der Waals surface area contributed by atoms with Crippen molar-refractivity contribution in [1.29, 1.82) is 0 Å². The highest BCUT2D eigenvalue weighted by atomic mass is 35.5. The predicted octanol–water partition coefficient (Wildman–Crippen LogP) is 2.81. The molecule has 1 aromatic carbocycles. The van der Waals surface area contributed by atoms with Crippen LogP contribution in [0.4, 0.5) is 5.69 Å². The van der Waals surface area contributed by atoms with Gasteiger partial charge in [0.05, 0.1) is 17.3 Å². The Labute approximate surface area is 121 Å². The normalized spacial score (nSPS) is 13.3. The summed E-state index contributed by atoms with van der Waals surface area (Å²) >= 11 is 6.19. The summed E-state index contributed by atoms with van der Waals surface area (Å²) in [5, 5.41) is 12.7. The molecular weight excluding hydrogens is 282 g/mol. The zero-order valence-corrected chi connectivity index (χ0v) is 11.4. The van der Waals surface area contributed by atoms with Crippen molar-refractivity contribution in [3.8, 4) is 11.5 Å². The summed E-state index contributed by atoms with van der Waals surface area (Å²) in [6.07, 6.45) is 0. The number of halogens is 1. The van der Waals surface area contributed by atoms with Crippen LogP contribution in [-0.4, -0.2) is 18.3 Å². The third kappa shape index (κ3) is 2.69. The van der Waals surface area contributed by atoms with Crippen molar-refractivity contribution in [2.45, 2.75) is 13.2 Å². The van der Waals surface area contributed by atoms with Crippen LogP contribution in [0.3, 0.4) is 0 Å². The highest BCUT2D eigenvalue weighted by Crippen LogP contribution is 2.38. The van der Waals surface area contributed by atoms with E-state index in [1.165, 1.54) is 0 Å². The van der Waals surface area contributed by atoms with Crippen LogP contribution >= 0.6 is 11.6 Å². The minimum atomic E-state index is -0.106. The average Bonchev–Trinajstić information content (AvgIpc) is 2.93. The molecule has 0 saturated heterocycles. The Hall–Kier alpha value is -1.85. The molecule has 1 aliphatic heterocycles. The van der Waals surface area contributed by atoms with Gasteiger partial charge in [0.1, 0.15) is 31.3 Å². The van der Waals surface area contributed by atoms with E-state index in [4.69, 9.17) is 30.6 Å². The first kappa shape index (κ1) is 13.1. The Kier molecular flexibility index (Phi) is 3.71. The fourth-order valence-corrected chi connectivity index (χ4v) is 2.20. The first-order chi connectivity index (χ1) is 9.76. The Balaban J connectivity index is 1.73. The van der Waals surface area contributed by atoms with E-state index in [2.05, 4.69) is 5.32 Å². The first-order valence-corrected chi connectivity index (χ1v) is 6.65. The van der Waals surface area contributed by atoms with E-state index >= 15 is 0 Å². The molecule has 0 amide bonds. The van der Waals surface area contributed by atoms with Crippen molar-refractivity contribution in [3.05, 3.63) is 40.8 Å². The van der Waals surface area contributed by atoms with E-state index in [0.29, 0.717) is 42.0 Å². The van der Waals surface area contributed by atoms with Crippen LogP contribution in [0.5, 0.6) is 11.5 Å². The Morgan fingerprint density at radius 1 is 1.10 bits per heavy atom. The second-order valence-corrected chi connectivity index (χ2v) is 4.76. The Morgan fingerprint density at radius 2 is 1.80 bits per heavy atom.